The van der Waals surface area contributed by atoms with Gasteiger partial charge in [-0.05, 0) is 6.92 Å². The topological polar surface area (TPSA) is 139 Å². The molecule has 2 atom stereocenters. The fraction of sp³-hybridized carbons (Fsp3) is 0.385. The first-order chi connectivity index (χ1) is 11.5. The zero-order valence-electron chi connectivity index (χ0n) is 12.6. The largest absolute Gasteiger partial charge is 0.453 e. The second-order valence-corrected chi connectivity index (χ2v) is 7.20. The number of nitrogen functional groups attached to an aromatic ring is 1. The number of anilines is 1. The van der Waals surface area contributed by atoms with Crippen molar-refractivity contribution < 1.29 is 19.5 Å². The number of nitrogens with two attached hydrogens (primary N) is 1. The number of cyclic esters (lactones) is 1. The molecule has 3 rings (SSSR count). The second-order valence-electron chi connectivity index (χ2n) is 5.12. The molecule has 1 amide bonds. The highest BCUT2D eigenvalue weighted by molar-refractivity contribution is 8.00. The zero-order chi connectivity index (χ0) is 17.3. The highest BCUT2D eigenvalue weighted by atomic mass is 32.2. The third-order valence-corrected chi connectivity index (χ3v) is 5.41. The Balaban J connectivity index is 1.59. The number of thiazole rings is 1. The van der Waals surface area contributed by atoms with Gasteiger partial charge in [0.2, 0.25) is 0 Å². The molecular formula is C13H15N5O4S2. The molecule has 0 saturated heterocycles. The van der Waals surface area contributed by atoms with Gasteiger partial charge in [0.1, 0.15) is 17.5 Å². The summed E-state index contributed by atoms with van der Waals surface area (Å²) in [7, 11) is 0. The van der Waals surface area contributed by atoms with Gasteiger partial charge in [-0.25, -0.2) is 9.78 Å². The number of nitrogens with zero attached hydrogens (tertiary/aromatic N) is 2. The standard InChI is InChI=1S/C13H15N5O4S2/c1-5-6-3-23-8(17-9(6)12(20)22-5)2-15-11(19)10(18-21)7-4-24-13(14)16-7/h4-5,8,17,21H,2-3H2,1H3,(H2,14,16)(H,15,19)/b18-10+/t5?,8-/m1/s1. The maximum absolute atomic E-state index is 12.2. The van der Waals surface area contributed by atoms with Crippen LogP contribution in [0.5, 0.6) is 0 Å². The molecule has 0 spiro atoms. The van der Waals surface area contributed by atoms with E-state index in [0.717, 1.165) is 16.9 Å². The molecule has 0 radical (unpaired) electrons. The van der Waals surface area contributed by atoms with E-state index in [4.69, 9.17) is 15.7 Å². The van der Waals surface area contributed by atoms with Crippen molar-refractivity contribution in [2.45, 2.75) is 18.4 Å². The molecule has 128 valence electrons. The van der Waals surface area contributed by atoms with E-state index in [1.165, 1.54) is 5.38 Å². The molecule has 0 bridgehead atoms. The van der Waals surface area contributed by atoms with Crippen molar-refractivity contribution in [3.8, 4) is 0 Å². The highest BCUT2D eigenvalue weighted by Crippen LogP contribution is 2.30. The number of ether oxygens (including phenoxy) is 1. The summed E-state index contributed by atoms with van der Waals surface area (Å²) in [5, 5.41) is 19.4. The van der Waals surface area contributed by atoms with Crippen LogP contribution >= 0.6 is 23.1 Å². The predicted octanol–water partition coefficient (Wildman–Crippen LogP) is -0.118. The van der Waals surface area contributed by atoms with E-state index in [1.807, 2.05) is 6.92 Å². The summed E-state index contributed by atoms with van der Waals surface area (Å²) < 4.78 is 5.15. The summed E-state index contributed by atoms with van der Waals surface area (Å²) in [5.41, 5.74) is 6.92. The minimum atomic E-state index is -0.577. The number of thioether (sulfide) groups is 1. The van der Waals surface area contributed by atoms with Gasteiger partial charge >= 0.3 is 5.97 Å². The number of esters is 1. The molecule has 0 fully saturated rings. The van der Waals surface area contributed by atoms with Crippen LogP contribution in [0, 0.1) is 0 Å². The molecule has 2 aliphatic heterocycles. The summed E-state index contributed by atoms with van der Waals surface area (Å²) in [5.74, 6) is -0.295. The Hall–Kier alpha value is -2.27. The SMILES string of the molecule is CC1OC(=O)C2=C1CS[C@H](CNC(=O)/C(=N/O)c1csc(N)n1)N2. The molecule has 9 nitrogen and oxygen atoms in total. The second kappa shape index (κ2) is 6.69. The maximum atomic E-state index is 12.2. The molecule has 24 heavy (non-hydrogen) atoms. The Morgan fingerprint density at radius 1 is 1.67 bits per heavy atom. The highest BCUT2D eigenvalue weighted by Gasteiger charge is 2.36. The van der Waals surface area contributed by atoms with Crippen molar-refractivity contribution in [1.82, 2.24) is 15.6 Å². The maximum Gasteiger partial charge on any atom is 0.355 e. The summed E-state index contributed by atoms with van der Waals surface area (Å²) in [6, 6.07) is 0. The fourth-order valence-corrected chi connectivity index (χ4v) is 4.06. The Morgan fingerprint density at radius 2 is 2.46 bits per heavy atom. The van der Waals surface area contributed by atoms with Crippen molar-refractivity contribution >= 4 is 45.8 Å². The summed E-state index contributed by atoms with van der Waals surface area (Å²) >= 11 is 2.70. The smallest absolute Gasteiger partial charge is 0.355 e. The Morgan fingerprint density at radius 3 is 3.12 bits per heavy atom. The van der Waals surface area contributed by atoms with Crippen LogP contribution in [-0.4, -0.2) is 51.6 Å². The van der Waals surface area contributed by atoms with Gasteiger partial charge in [-0.1, -0.05) is 5.16 Å². The van der Waals surface area contributed by atoms with Crippen LogP contribution in [0.3, 0.4) is 0 Å². The molecule has 0 saturated carbocycles. The van der Waals surface area contributed by atoms with Gasteiger partial charge in [0.15, 0.2) is 10.8 Å². The summed E-state index contributed by atoms with van der Waals surface area (Å²) in [6.45, 7) is 2.06. The van der Waals surface area contributed by atoms with E-state index in [2.05, 4.69) is 20.8 Å². The van der Waals surface area contributed by atoms with Crippen molar-refractivity contribution in [2.24, 2.45) is 5.16 Å². The van der Waals surface area contributed by atoms with E-state index in [-0.39, 0.29) is 40.5 Å². The van der Waals surface area contributed by atoms with Crippen LogP contribution < -0.4 is 16.4 Å². The first kappa shape index (κ1) is 16.6. The number of carbonyl (C=O) groups excluding carboxylic acids is 2. The van der Waals surface area contributed by atoms with Crippen molar-refractivity contribution in [3.05, 3.63) is 22.3 Å². The van der Waals surface area contributed by atoms with E-state index < -0.39 is 5.91 Å². The van der Waals surface area contributed by atoms with Gasteiger partial charge in [-0.3, -0.25) is 4.79 Å². The number of oxime groups is 1. The van der Waals surface area contributed by atoms with E-state index >= 15 is 0 Å². The van der Waals surface area contributed by atoms with E-state index in [1.54, 1.807) is 11.8 Å². The number of aromatic nitrogens is 1. The van der Waals surface area contributed by atoms with Crippen molar-refractivity contribution in [3.63, 3.8) is 0 Å². The average molecular weight is 369 g/mol. The Labute approximate surface area is 145 Å². The van der Waals surface area contributed by atoms with Crippen LogP contribution in [0.4, 0.5) is 5.13 Å². The van der Waals surface area contributed by atoms with Crippen LogP contribution in [0.25, 0.3) is 0 Å². The van der Waals surface area contributed by atoms with Gasteiger partial charge in [-0.2, -0.15) is 0 Å². The lowest BCUT2D eigenvalue weighted by molar-refractivity contribution is -0.139. The first-order valence-electron chi connectivity index (χ1n) is 7.03. The first-order valence-corrected chi connectivity index (χ1v) is 8.96. The fourth-order valence-electron chi connectivity index (χ4n) is 2.35. The van der Waals surface area contributed by atoms with Crippen molar-refractivity contribution in [2.75, 3.05) is 18.0 Å². The Kier molecular flexibility index (Phi) is 4.62. The van der Waals surface area contributed by atoms with Crippen LogP contribution in [0.2, 0.25) is 0 Å². The van der Waals surface area contributed by atoms with Crippen molar-refractivity contribution in [1.29, 1.82) is 0 Å². The third kappa shape index (κ3) is 3.17. The lowest BCUT2D eigenvalue weighted by Gasteiger charge is -2.24. The number of nitrogens with one attached hydrogen (secondary N) is 2. The number of hydrogen-bond acceptors (Lipinski definition) is 10. The number of amides is 1. The lowest BCUT2D eigenvalue weighted by Crippen LogP contribution is -2.44. The summed E-state index contributed by atoms with van der Waals surface area (Å²) in [4.78, 5) is 27.8. The molecule has 1 unspecified atom stereocenters. The zero-order valence-corrected chi connectivity index (χ0v) is 14.2. The normalized spacial score (nSPS) is 23.5. The average Bonchev–Trinajstić information content (AvgIpc) is 3.10. The monoisotopic (exact) mass is 369 g/mol. The third-order valence-electron chi connectivity index (χ3n) is 3.57. The van der Waals surface area contributed by atoms with Gasteiger partial charge in [-0.15, -0.1) is 23.1 Å². The number of hydrogen-bond donors (Lipinski definition) is 4. The number of rotatable bonds is 4. The molecule has 5 N–H and O–H groups in total. The lowest BCUT2D eigenvalue weighted by atomic mass is 10.1. The minimum Gasteiger partial charge on any atom is -0.453 e. The molecule has 0 aromatic carbocycles. The quantitative estimate of drug-likeness (QED) is 0.249. The predicted molar refractivity (Wildman–Crippen MR) is 89.8 cm³/mol. The molecule has 11 heteroatoms. The van der Waals surface area contributed by atoms with Crippen LogP contribution in [0.1, 0.15) is 12.6 Å². The molecule has 1 aromatic heterocycles. The molecular weight excluding hydrogens is 354 g/mol. The molecule has 2 aliphatic rings. The van der Waals surface area contributed by atoms with Crippen LogP contribution in [0.15, 0.2) is 21.8 Å². The Bertz CT molecular complexity index is 744. The number of carbonyl (C=O) groups is 2. The van der Waals surface area contributed by atoms with Crippen LogP contribution in [-0.2, 0) is 14.3 Å². The van der Waals surface area contributed by atoms with Gasteiger partial charge < -0.3 is 26.3 Å². The van der Waals surface area contributed by atoms with Gasteiger partial charge in [0.05, 0.1) is 5.37 Å². The molecule has 1 aromatic rings. The van der Waals surface area contributed by atoms with E-state index in [9.17, 15) is 9.59 Å². The molecule has 3 heterocycles. The van der Waals surface area contributed by atoms with Gasteiger partial charge in [0.25, 0.3) is 5.91 Å². The minimum absolute atomic E-state index is 0.189. The van der Waals surface area contributed by atoms with E-state index in [0.29, 0.717) is 11.4 Å². The van der Waals surface area contributed by atoms with Gasteiger partial charge in [0, 0.05) is 23.3 Å². The summed E-state index contributed by atoms with van der Waals surface area (Å²) in [6.07, 6.45) is -0.216. The molecule has 0 aliphatic carbocycles.